The summed E-state index contributed by atoms with van der Waals surface area (Å²) in [5.74, 6) is 0. The fourth-order valence-electron chi connectivity index (χ4n) is 2.46. The van der Waals surface area contributed by atoms with Crippen molar-refractivity contribution in [3.63, 3.8) is 0 Å². The first kappa shape index (κ1) is 13.8. The molecule has 1 heterocycles. The maximum atomic E-state index is 11.0. The Morgan fingerprint density at radius 2 is 1.89 bits per heavy atom. The van der Waals surface area contributed by atoms with Crippen molar-refractivity contribution in [3.8, 4) is 0 Å². The van der Waals surface area contributed by atoms with Crippen molar-refractivity contribution < 1.29 is 4.79 Å². The largest absolute Gasteiger partial charge is 0.352 e. The third-order valence-electron chi connectivity index (χ3n) is 3.63. The van der Waals surface area contributed by atoms with Gasteiger partial charge in [-0.2, -0.15) is 0 Å². The summed E-state index contributed by atoms with van der Waals surface area (Å²) in [6.45, 7) is 4.69. The second kappa shape index (κ2) is 6.54. The van der Waals surface area contributed by atoms with E-state index in [1.54, 1.807) is 0 Å². The van der Waals surface area contributed by atoms with Crippen molar-refractivity contribution in [1.82, 2.24) is 15.1 Å². The Morgan fingerprint density at radius 3 is 2.47 bits per heavy atom. The topological polar surface area (TPSA) is 61.6 Å². The van der Waals surface area contributed by atoms with Crippen molar-refractivity contribution in [2.24, 2.45) is 5.73 Å². The van der Waals surface area contributed by atoms with Crippen LogP contribution in [0.2, 0.25) is 0 Å². The summed E-state index contributed by atoms with van der Waals surface area (Å²) in [4.78, 5) is 15.7. The quantitative estimate of drug-likeness (QED) is 0.837. The molecule has 1 atom stereocenters. The minimum Gasteiger partial charge on any atom is -0.352 e. The molecule has 0 saturated carbocycles. The van der Waals surface area contributed by atoms with Crippen LogP contribution in [-0.4, -0.2) is 55.6 Å². The van der Waals surface area contributed by atoms with E-state index in [0.717, 1.165) is 26.2 Å². The highest BCUT2D eigenvalue weighted by atomic mass is 16.2. The molecule has 0 spiro atoms. The molecule has 0 aromatic heterocycles. The molecular weight excluding hydrogens is 240 g/mol. The molecule has 0 bridgehead atoms. The lowest BCUT2D eigenvalue weighted by Gasteiger charge is -2.38. The summed E-state index contributed by atoms with van der Waals surface area (Å²) in [5.41, 5.74) is 6.42. The Balaban J connectivity index is 2.07. The normalized spacial score (nSPS) is 19.0. The van der Waals surface area contributed by atoms with Gasteiger partial charge in [-0.15, -0.1) is 0 Å². The van der Waals surface area contributed by atoms with Gasteiger partial charge in [-0.25, -0.2) is 4.79 Å². The van der Waals surface area contributed by atoms with Gasteiger partial charge in [0.2, 0.25) is 0 Å². The maximum Gasteiger partial charge on any atom is 0.312 e. The van der Waals surface area contributed by atoms with Gasteiger partial charge in [-0.1, -0.05) is 30.3 Å². The molecule has 1 aliphatic rings. The van der Waals surface area contributed by atoms with Crippen LogP contribution in [0.15, 0.2) is 30.3 Å². The van der Waals surface area contributed by atoms with Gasteiger partial charge in [0.25, 0.3) is 0 Å². The van der Waals surface area contributed by atoms with Crippen LogP contribution in [0.25, 0.3) is 0 Å². The Bertz CT molecular complexity index is 401. The van der Waals surface area contributed by atoms with E-state index in [9.17, 15) is 4.79 Å². The number of carbonyl (C=O) groups is 1. The molecule has 5 nitrogen and oxygen atoms in total. The zero-order chi connectivity index (χ0) is 13.7. The molecule has 0 radical (unpaired) electrons. The minimum absolute atomic E-state index is 0.197. The smallest absolute Gasteiger partial charge is 0.312 e. The fourth-order valence-corrected chi connectivity index (χ4v) is 2.46. The summed E-state index contributed by atoms with van der Waals surface area (Å²) < 4.78 is 0. The number of nitrogens with one attached hydrogen (secondary N) is 1. The van der Waals surface area contributed by atoms with Crippen molar-refractivity contribution in [2.45, 2.75) is 6.04 Å². The number of hydrogen-bond acceptors (Lipinski definition) is 3. The molecule has 0 aliphatic carbocycles. The number of nitrogens with two attached hydrogens (primary N) is 1. The van der Waals surface area contributed by atoms with Crippen LogP contribution in [0.3, 0.4) is 0 Å². The number of urea groups is 1. The second-order valence-electron chi connectivity index (χ2n) is 5.01. The molecule has 1 unspecified atom stereocenters. The number of primary amides is 1. The van der Waals surface area contributed by atoms with E-state index in [0.29, 0.717) is 6.54 Å². The van der Waals surface area contributed by atoms with Gasteiger partial charge in [0.1, 0.15) is 0 Å². The Kier molecular flexibility index (Phi) is 4.76. The molecule has 2 rings (SSSR count). The standard InChI is InChI=1S/C14H22N4O/c1-17-7-9-18(10-8-17)13(11-16-14(15)19)12-5-3-2-4-6-12/h2-6,13H,7-11H2,1H3,(H3,15,16,19). The summed E-state index contributed by atoms with van der Waals surface area (Å²) in [7, 11) is 2.14. The van der Waals surface area contributed by atoms with Gasteiger partial charge >= 0.3 is 6.03 Å². The van der Waals surface area contributed by atoms with Gasteiger partial charge in [0.05, 0.1) is 6.04 Å². The number of nitrogens with zero attached hydrogens (tertiary/aromatic N) is 2. The number of piperazine rings is 1. The van der Waals surface area contributed by atoms with Gasteiger partial charge in [0, 0.05) is 32.7 Å². The van der Waals surface area contributed by atoms with Crippen LogP contribution in [0, 0.1) is 0 Å². The Hall–Kier alpha value is -1.59. The average Bonchev–Trinajstić information content (AvgIpc) is 2.42. The average molecular weight is 262 g/mol. The molecule has 5 heteroatoms. The van der Waals surface area contributed by atoms with Crippen molar-refractivity contribution in [3.05, 3.63) is 35.9 Å². The fraction of sp³-hybridized carbons (Fsp3) is 0.500. The summed E-state index contributed by atoms with van der Waals surface area (Å²) in [5, 5.41) is 2.74. The summed E-state index contributed by atoms with van der Waals surface area (Å²) >= 11 is 0. The molecule has 1 saturated heterocycles. The van der Waals surface area contributed by atoms with Gasteiger partial charge in [0.15, 0.2) is 0 Å². The molecule has 1 aromatic rings. The van der Waals surface area contributed by atoms with Crippen LogP contribution in [-0.2, 0) is 0 Å². The molecule has 1 fully saturated rings. The lowest BCUT2D eigenvalue weighted by molar-refractivity contribution is 0.111. The number of hydrogen-bond donors (Lipinski definition) is 2. The Morgan fingerprint density at radius 1 is 1.26 bits per heavy atom. The van der Waals surface area contributed by atoms with E-state index in [1.165, 1.54) is 5.56 Å². The van der Waals surface area contributed by atoms with Crippen molar-refractivity contribution >= 4 is 6.03 Å². The lowest BCUT2D eigenvalue weighted by atomic mass is 10.0. The van der Waals surface area contributed by atoms with Gasteiger partial charge in [-0.05, 0) is 12.6 Å². The zero-order valence-corrected chi connectivity index (χ0v) is 11.4. The number of likely N-dealkylation sites (N-methyl/N-ethyl adjacent to an activating group) is 1. The van der Waals surface area contributed by atoms with Gasteiger partial charge < -0.3 is 16.0 Å². The third-order valence-corrected chi connectivity index (χ3v) is 3.63. The van der Waals surface area contributed by atoms with Crippen molar-refractivity contribution in [2.75, 3.05) is 39.8 Å². The minimum atomic E-state index is -0.463. The van der Waals surface area contributed by atoms with Crippen LogP contribution < -0.4 is 11.1 Å². The first-order valence-electron chi connectivity index (χ1n) is 6.67. The third kappa shape index (κ3) is 3.94. The van der Waals surface area contributed by atoms with E-state index in [1.807, 2.05) is 18.2 Å². The van der Waals surface area contributed by atoms with E-state index >= 15 is 0 Å². The molecule has 1 aromatic carbocycles. The van der Waals surface area contributed by atoms with E-state index in [2.05, 4.69) is 34.3 Å². The Labute approximate surface area is 114 Å². The highest BCUT2D eigenvalue weighted by Crippen LogP contribution is 2.21. The van der Waals surface area contributed by atoms with Crippen LogP contribution in [0.1, 0.15) is 11.6 Å². The first-order valence-corrected chi connectivity index (χ1v) is 6.67. The van der Waals surface area contributed by atoms with Crippen LogP contribution in [0.5, 0.6) is 0 Å². The summed E-state index contributed by atoms with van der Waals surface area (Å²) in [6.07, 6.45) is 0. The van der Waals surface area contributed by atoms with Crippen LogP contribution in [0.4, 0.5) is 4.79 Å². The maximum absolute atomic E-state index is 11.0. The van der Waals surface area contributed by atoms with E-state index in [-0.39, 0.29) is 6.04 Å². The van der Waals surface area contributed by atoms with Crippen LogP contribution >= 0.6 is 0 Å². The van der Waals surface area contributed by atoms with E-state index in [4.69, 9.17) is 5.73 Å². The second-order valence-corrected chi connectivity index (χ2v) is 5.01. The highest BCUT2D eigenvalue weighted by molar-refractivity contribution is 5.71. The molecule has 2 amide bonds. The predicted molar refractivity (Wildman–Crippen MR) is 75.8 cm³/mol. The molecule has 1 aliphatic heterocycles. The molecule has 3 N–H and O–H groups in total. The molecule has 19 heavy (non-hydrogen) atoms. The predicted octanol–water partition coefficient (Wildman–Crippen LogP) is 0.643. The number of benzene rings is 1. The van der Waals surface area contributed by atoms with Gasteiger partial charge in [-0.3, -0.25) is 4.90 Å². The lowest BCUT2D eigenvalue weighted by Crippen LogP contribution is -2.49. The summed E-state index contributed by atoms with van der Waals surface area (Å²) in [6, 6.07) is 10.0. The molecular formula is C14H22N4O. The highest BCUT2D eigenvalue weighted by Gasteiger charge is 2.23. The molecule has 104 valence electrons. The van der Waals surface area contributed by atoms with Crippen molar-refractivity contribution in [1.29, 1.82) is 0 Å². The van der Waals surface area contributed by atoms with E-state index < -0.39 is 6.03 Å². The number of amides is 2. The monoisotopic (exact) mass is 262 g/mol. The SMILES string of the molecule is CN1CCN(C(CNC(N)=O)c2ccccc2)CC1. The zero-order valence-electron chi connectivity index (χ0n) is 11.4. The first-order chi connectivity index (χ1) is 9.16. The number of rotatable bonds is 4. The number of carbonyl (C=O) groups excluding carboxylic acids is 1.